The van der Waals surface area contributed by atoms with Crippen LogP contribution in [-0.4, -0.2) is 29.8 Å². The number of carbonyl (C=O) groups excluding carboxylic acids is 1. The van der Waals surface area contributed by atoms with Crippen molar-refractivity contribution in [3.05, 3.63) is 0 Å². The standard InChI is InChI=1S/C11H22N2O2/c1-8(6-7-14)12-11(15)13-9(2)10-4-3-5-10/h8-10,14H,3-7H2,1-2H3,(H2,12,13,15)/t8-,9?/m1/s1. The zero-order valence-corrected chi connectivity index (χ0v) is 9.62. The summed E-state index contributed by atoms with van der Waals surface area (Å²) < 4.78 is 0. The van der Waals surface area contributed by atoms with Crippen molar-refractivity contribution in [2.24, 2.45) is 5.92 Å². The molecule has 0 aromatic rings. The zero-order valence-electron chi connectivity index (χ0n) is 9.62. The molecule has 1 aliphatic rings. The lowest BCUT2D eigenvalue weighted by atomic mass is 9.80. The van der Waals surface area contributed by atoms with E-state index < -0.39 is 0 Å². The minimum atomic E-state index is -0.115. The van der Waals surface area contributed by atoms with Gasteiger partial charge in [-0.1, -0.05) is 6.42 Å². The van der Waals surface area contributed by atoms with E-state index >= 15 is 0 Å². The van der Waals surface area contributed by atoms with E-state index in [4.69, 9.17) is 5.11 Å². The fraction of sp³-hybridized carbons (Fsp3) is 0.909. The Labute approximate surface area is 91.4 Å². The van der Waals surface area contributed by atoms with E-state index in [0.29, 0.717) is 12.3 Å². The smallest absolute Gasteiger partial charge is 0.315 e. The Bertz CT molecular complexity index is 205. The summed E-state index contributed by atoms with van der Waals surface area (Å²) >= 11 is 0. The average molecular weight is 214 g/mol. The number of amides is 2. The molecule has 15 heavy (non-hydrogen) atoms. The maximum atomic E-state index is 11.5. The van der Waals surface area contributed by atoms with Gasteiger partial charge in [-0.05, 0) is 39.0 Å². The van der Waals surface area contributed by atoms with Gasteiger partial charge in [-0.2, -0.15) is 0 Å². The molecule has 2 amide bonds. The highest BCUT2D eigenvalue weighted by molar-refractivity contribution is 5.74. The molecular weight excluding hydrogens is 192 g/mol. The first-order chi connectivity index (χ1) is 7.13. The topological polar surface area (TPSA) is 61.4 Å². The van der Waals surface area contributed by atoms with Crippen LogP contribution in [-0.2, 0) is 0 Å². The summed E-state index contributed by atoms with van der Waals surface area (Å²) in [6.07, 6.45) is 4.35. The molecule has 0 aromatic heterocycles. The number of carbonyl (C=O) groups is 1. The molecule has 0 aliphatic heterocycles. The average Bonchev–Trinajstić information content (AvgIpc) is 1.99. The van der Waals surface area contributed by atoms with Gasteiger partial charge in [-0.25, -0.2) is 4.79 Å². The number of urea groups is 1. The van der Waals surface area contributed by atoms with Gasteiger partial charge in [0.1, 0.15) is 0 Å². The van der Waals surface area contributed by atoms with Crippen molar-refractivity contribution in [2.45, 2.75) is 51.6 Å². The molecular formula is C11H22N2O2. The SMILES string of the molecule is CC(NC(=O)N[C@H](C)CCO)C1CCC1. The first kappa shape index (κ1) is 12.3. The fourth-order valence-electron chi connectivity index (χ4n) is 1.80. The summed E-state index contributed by atoms with van der Waals surface area (Å²) in [7, 11) is 0. The largest absolute Gasteiger partial charge is 0.396 e. The van der Waals surface area contributed by atoms with Crippen LogP contribution in [0.5, 0.6) is 0 Å². The number of hydrogen-bond acceptors (Lipinski definition) is 2. The molecule has 1 rings (SSSR count). The van der Waals surface area contributed by atoms with E-state index in [1.54, 1.807) is 0 Å². The lowest BCUT2D eigenvalue weighted by molar-refractivity contribution is 0.208. The summed E-state index contributed by atoms with van der Waals surface area (Å²) in [4.78, 5) is 11.5. The minimum Gasteiger partial charge on any atom is -0.396 e. The molecule has 0 aromatic carbocycles. The Morgan fingerprint density at radius 1 is 1.40 bits per heavy atom. The van der Waals surface area contributed by atoms with Crippen molar-refractivity contribution in [1.29, 1.82) is 0 Å². The minimum absolute atomic E-state index is 0.0311. The molecule has 4 heteroatoms. The van der Waals surface area contributed by atoms with Gasteiger partial charge in [-0.15, -0.1) is 0 Å². The van der Waals surface area contributed by atoms with Crippen LogP contribution in [0.4, 0.5) is 4.79 Å². The van der Waals surface area contributed by atoms with E-state index in [2.05, 4.69) is 17.6 Å². The molecule has 4 nitrogen and oxygen atoms in total. The van der Waals surface area contributed by atoms with E-state index in [1.165, 1.54) is 19.3 Å². The van der Waals surface area contributed by atoms with Gasteiger partial charge in [0.05, 0.1) is 0 Å². The van der Waals surface area contributed by atoms with Crippen LogP contribution in [0.15, 0.2) is 0 Å². The highest BCUT2D eigenvalue weighted by Gasteiger charge is 2.25. The lowest BCUT2D eigenvalue weighted by Gasteiger charge is -2.32. The van der Waals surface area contributed by atoms with Crippen LogP contribution in [0.25, 0.3) is 0 Å². The molecule has 0 bridgehead atoms. The number of aliphatic hydroxyl groups is 1. The molecule has 1 unspecified atom stereocenters. The molecule has 3 N–H and O–H groups in total. The third-order valence-corrected chi connectivity index (χ3v) is 3.16. The highest BCUT2D eigenvalue weighted by atomic mass is 16.3. The number of aliphatic hydroxyl groups excluding tert-OH is 1. The molecule has 0 heterocycles. The Morgan fingerprint density at radius 3 is 2.53 bits per heavy atom. The van der Waals surface area contributed by atoms with Crippen LogP contribution in [0.3, 0.4) is 0 Å². The van der Waals surface area contributed by atoms with Gasteiger partial charge >= 0.3 is 6.03 Å². The van der Waals surface area contributed by atoms with Crippen LogP contribution < -0.4 is 10.6 Å². The summed E-state index contributed by atoms with van der Waals surface area (Å²) in [5.74, 6) is 0.656. The van der Waals surface area contributed by atoms with E-state index in [1.807, 2.05) is 6.92 Å². The maximum Gasteiger partial charge on any atom is 0.315 e. The Hall–Kier alpha value is -0.770. The molecule has 88 valence electrons. The Balaban J connectivity index is 2.16. The van der Waals surface area contributed by atoms with Gasteiger partial charge in [0, 0.05) is 18.7 Å². The first-order valence-electron chi connectivity index (χ1n) is 5.81. The van der Waals surface area contributed by atoms with Gasteiger partial charge in [0.15, 0.2) is 0 Å². The molecule has 0 radical (unpaired) electrons. The van der Waals surface area contributed by atoms with Crippen LogP contribution in [0.1, 0.15) is 39.5 Å². The zero-order chi connectivity index (χ0) is 11.3. The lowest BCUT2D eigenvalue weighted by Crippen LogP contribution is -2.48. The summed E-state index contributed by atoms with van der Waals surface area (Å²) in [6.45, 7) is 4.06. The second-order valence-electron chi connectivity index (χ2n) is 4.51. The second kappa shape index (κ2) is 5.95. The first-order valence-corrected chi connectivity index (χ1v) is 5.81. The monoisotopic (exact) mass is 214 g/mol. The van der Waals surface area contributed by atoms with Crippen molar-refractivity contribution in [3.63, 3.8) is 0 Å². The third-order valence-electron chi connectivity index (χ3n) is 3.16. The van der Waals surface area contributed by atoms with Crippen molar-refractivity contribution < 1.29 is 9.90 Å². The number of hydrogen-bond donors (Lipinski definition) is 3. The molecule has 1 fully saturated rings. The fourth-order valence-corrected chi connectivity index (χ4v) is 1.80. The van der Waals surface area contributed by atoms with Crippen LogP contribution in [0, 0.1) is 5.92 Å². The summed E-state index contributed by atoms with van der Waals surface area (Å²) in [6, 6.07) is 0.180. The van der Waals surface area contributed by atoms with Gasteiger partial charge in [-0.3, -0.25) is 0 Å². The van der Waals surface area contributed by atoms with Gasteiger partial charge < -0.3 is 15.7 Å². The van der Waals surface area contributed by atoms with Gasteiger partial charge in [0.25, 0.3) is 0 Å². The molecule has 1 saturated carbocycles. The molecule has 2 atom stereocenters. The van der Waals surface area contributed by atoms with Crippen molar-refractivity contribution in [1.82, 2.24) is 10.6 Å². The van der Waals surface area contributed by atoms with Crippen LogP contribution in [0.2, 0.25) is 0 Å². The van der Waals surface area contributed by atoms with E-state index in [9.17, 15) is 4.79 Å². The maximum absolute atomic E-state index is 11.5. The predicted octanol–water partition coefficient (Wildman–Crippen LogP) is 1.25. The third kappa shape index (κ3) is 4.08. The normalized spacial score (nSPS) is 20.2. The quantitative estimate of drug-likeness (QED) is 0.645. The molecule has 0 saturated heterocycles. The molecule has 0 spiro atoms. The Kier molecular flexibility index (Phi) is 4.88. The van der Waals surface area contributed by atoms with Crippen molar-refractivity contribution >= 4 is 6.03 Å². The summed E-state index contributed by atoms with van der Waals surface area (Å²) in [5, 5.41) is 14.4. The second-order valence-corrected chi connectivity index (χ2v) is 4.51. The van der Waals surface area contributed by atoms with Crippen molar-refractivity contribution in [3.8, 4) is 0 Å². The van der Waals surface area contributed by atoms with E-state index in [-0.39, 0.29) is 24.7 Å². The highest BCUT2D eigenvalue weighted by Crippen LogP contribution is 2.29. The predicted molar refractivity (Wildman–Crippen MR) is 59.6 cm³/mol. The number of nitrogens with one attached hydrogen (secondary N) is 2. The summed E-state index contributed by atoms with van der Waals surface area (Å²) in [5.41, 5.74) is 0. The van der Waals surface area contributed by atoms with E-state index in [0.717, 1.165) is 0 Å². The Morgan fingerprint density at radius 2 is 2.07 bits per heavy atom. The van der Waals surface area contributed by atoms with Crippen LogP contribution >= 0.6 is 0 Å². The molecule has 1 aliphatic carbocycles. The van der Waals surface area contributed by atoms with Gasteiger partial charge in [0.2, 0.25) is 0 Å². The number of rotatable bonds is 5. The van der Waals surface area contributed by atoms with Crippen molar-refractivity contribution in [2.75, 3.05) is 6.61 Å².